The number of hydrogen-bond donors (Lipinski definition) is 0. The van der Waals surface area contributed by atoms with Crippen LogP contribution in [0, 0.1) is 0 Å². The molecule has 0 unspecified atom stereocenters. The Balaban J connectivity index is 1.48. The van der Waals surface area contributed by atoms with E-state index >= 15 is 0 Å². The summed E-state index contributed by atoms with van der Waals surface area (Å²) in [5, 5.41) is 1.04. The van der Waals surface area contributed by atoms with Crippen molar-refractivity contribution in [1.29, 1.82) is 0 Å². The summed E-state index contributed by atoms with van der Waals surface area (Å²) in [6.07, 6.45) is 7.34. The number of para-hydroxylation sites is 1. The maximum Gasteiger partial charge on any atom is 0.312 e. The highest BCUT2D eigenvalue weighted by atomic mass is 16.5. The van der Waals surface area contributed by atoms with Crippen molar-refractivity contribution in [3.05, 3.63) is 95.1 Å². The van der Waals surface area contributed by atoms with Gasteiger partial charge in [-0.25, -0.2) is 0 Å². The summed E-state index contributed by atoms with van der Waals surface area (Å²) in [5.74, 6) is 0.347. The summed E-state index contributed by atoms with van der Waals surface area (Å²) in [6, 6.07) is 15.1. The molecule has 0 aliphatic carbocycles. The van der Waals surface area contributed by atoms with Crippen LogP contribution in [0.5, 0.6) is 11.5 Å². The summed E-state index contributed by atoms with van der Waals surface area (Å²) in [4.78, 5) is 29.7. The lowest BCUT2D eigenvalue weighted by atomic mass is 9.85. The molecule has 2 aromatic heterocycles. The van der Waals surface area contributed by atoms with Crippen LogP contribution in [0.1, 0.15) is 39.4 Å². The minimum Gasteiger partial charge on any atom is -0.452 e. The predicted octanol–water partition coefficient (Wildman–Crippen LogP) is 4.63. The molecule has 6 heteroatoms. The summed E-state index contributed by atoms with van der Waals surface area (Å²) in [7, 11) is 1.97. The van der Waals surface area contributed by atoms with E-state index in [0.717, 1.165) is 22.0 Å². The quantitative estimate of drug-likeness (QED) is 0.268. The molecule has 0 bridgehead atoms. The van der Waals surface area contributed by atoms with Crippen molar-refractivity contribution >= 4 is 28.7 Å². The molecule has 6 nitrogen and oxygen atoms in total. The number of carbonyl (C=O) groups excluding carboxylic acids is 2. The summed E-state index contributed by atoms with van der Waals surface area (Å²) in [6.45, 7) is 0. The second-order valence-corrected chi connectivity index (χ2v) is 8.02. The summed E-state index contributed by atoms with van der Waals surface area (Å²) >= 11 is 0. The van der Waals surface area contributed by atoms with Crippen molar-refractivity contribution in [2.24, 2.45) is 7.05 Å². The van der Waals surface area contributed by atoms with E-state index in [2.05, 4.69) is 4.98 Å². The molecule has 2 aliphatic rings. The smallest absolute Gasteiger partial charge is 0.312 e. The molecule has 0 saturated heterocycles. The van der Waals surface area contributed by atoms with E-state index < -0.39 is 0 Å². The highest BCUT2D eigenvalue weighted by Crippen LogP contribution is 2.48. The molecule has 0 amide bonds. The molecule has 4 heterocycles. The van der Waals surface area contributed by atoms with Gasteiger partial charge in [-0.2, -0.15) is 0 Å². The maximum absolute atomic E-state index is 13.2. The van der Waals surface area contributed by atoms with Crippen LogP contribution in [0.4, 0.5) is 0 Å². The minimum absolute atomic E-state index is 0.162. The van der Waals surface area contributed by atoms with Gasteiger partial charge in [0.1, 0.15) is 11.5 Å². The lowest BCUT2D eigenvalue weighted by Gasteiger charge is -2.26. The van der Waals surface area contributed by atoms with Gasteiger partial charge in [-0.15, -0.1) is 0 Å². The lowest BCUT2D eigenvalue weighted by Crippen LogP contribution is -2.21. The molecule has 0 saturated carbocycles. The van der Waals surface area contributed by atoms with Crippen LogP contribution in [0.2, 0.25) is 0 Å². The third kappa shape index (κ3) is 2.76. The van der Waals surface area contributed by atoms with Gasteiger partial charge in [0.25, 0.3) is 0 Å². The van der Waals surface area contributed by atoms with E-state index in [0.29, 0.717) is 22.6 Å². The molecule has 6 rings (SSSR count). The number of aromatic nitrogens is 2. The average molecular weight is 422 g/mol. The highest BCUT2D eigenvalue weighted by Gasteiger charge is 2.38. The summed E-state index contributed by atoms with van der Waals surface area (Å²) in [5.41, 5.74) is 4.04. The Labute approximate surface area is 183 Å². The fraction of sp³-hybridized carbons (Fsp3) is 0.115. The van der Waals surface area contributed by atoms with Crippen LogP contribution in [0.3, 0.4) is 0 Å². The van der Waals surface area contributed by atoms with E-state index in [1.165, 1.54) is 0 Å². The molecular weight excluding hydrogens is 404 g/mol. The van der Waals surface area contributed by atoms with Gasteiger partial charge in [0, 0.05) is 53.6 Å². The number of ether oxygens (including phenoxy) is 2. The van der Waals surface area contributed by atoms with Crippen molar-refractivity contribution in [1.82, 2.24) is 9.55 Å². The molecule has 156 valence electrons. The summed E-state index contributed by atoms with van der Waals surface area (Å²) < 4.78 is 13.7. The van der Waals surface area contributed by atoms with Crippen molar-refractivity contribution in [3.8, 4) is 11.5 Å². The molecule has 32 heavy (non-hydrogen) atoms. The first kappa shape index (κ1) is 18.6. The largest absolute Gasteiger partial charge is 0.452 e. The molecule has 4 aromatic rings. The first-order valence-corrected chi connectivity index (χ1v) is 10.4. The van der Waals surface area contributed by atoms with Gasteiger partial charge in [0.15, 0.2) is 5.76 Å². The lowest BCUT2D eigenvalue weighted by molar-refractivity contribution is -0.135. The minimum atomic E-state index is -0.317. The number of allylic oxidation sites excluding steroid dienone is 1. The molecular formula is C26H18N2O4. The monoisotopic (exact) mass is 422 g/mol. The average Bonchev–Trinajstić information content (AvgIpc) is 3.30. The van der Waals surface area contributed by atoms with Gasteiger partial charge in [0.2, 0.25) is 5.78 Å². The Kier molecular flexibility index (Phi) is 4.01. The number of benzene rings is 2. The second-order valence-electron chi connectivity index (χ2n) is 8.02. The number of nitrogens with zero attached hydrogens (tertiary/aromatic N) is 2. The third-order valence-electron chi connectivity index (χ3n) is 6.08. The van der Waals surface area contributed by atoms with Crippen LogP contribution < -0.4 is 9.47 Å². The molecule has 2 aliphatic heterocycles. The van der Waals surface area contributed by atoms with Crippen LogP contribution in [-0.2, 0) is 11.8 Å². The fourth-order valence-electron chi connectivity index (χ4n) is 4.60. The number of ketones is 1. The van der Waals surface area contributed by atoms with Crippen molar-refractivity contribution in [3.63, 3.8) is 0 Å². The predicted molar refractivity (Wildman–Crippen MR) is 119 cm³/mol. The number of Topliss-reactive ketones (excluding diaryl/α,β-unsaturated/α-hetero) is 1. The number of carbonyl (C=O) groups is 2. The van der Waals surface area contributed by atoms with Gasteiger partial charge >= 0.3 is 5.97 Å². The molecule has 0 N–H and O–H groups in total. The van der Waals surface area contributed by atoms with Crippen LogP contribution >= 0.6 is 0 Å². The van der Waals surface area contributed by atoms with Gasteiger partial charge in [-0.1, -0.05) is 24.3 Å². The standard InChI is InChI=1S/C26H18N2O4/c1-28-14-16(17-6-2-3-7-20(17)28)11-22-25(30)18-8-9-21-24(26(18)32-22)19(12-23(29)31-21)15-5-4-10-27-13-15/h2-11,13-14,19H,12H2,1H3/b22-11-/t19-/m0/s1. The number of pyridine rings is 1. The Morgan fingerprint density at radius 3 is 2.78 bits per heavy atom. The number of esters is 1. The Morgan fingerprint density at radius 1 is 1.06 bits per heavy atom. The van der Waals surface area contributed by atoms with E-state index in [1.807, 2.05) is 54.2 Å². The van der Waals surface area contributed by atoms with Gasteiger partial charge < -0.3 is 14.0 Å². The maximum atomic E-state index is 13.2. The zero-order valence-corrected chi connectivity index (χ0v) is 17.2. The first-order valence-electron chi connectivity index (χ1n) is 10.4. The highest BCUT2D eigenvalue weighted by molar-refractivity contribution is 6.15. The third-order valence-corrected chi connectivity index (χ3v) is 6.08. The van der Waals surface area contributed by atoms with Crippen LogP contribution in [0.15, 0.2) is 72.9 Å². The number of rotatable bonds is 2. The zero-order chi connectivity index (χ0) is 21.8. The van der Waals surface area contributed by atoms with Gasteiger partial charge in [-0.3, -0.25) is 14.6 Å². The van der Waals surface area contributed by atoms with E-state index in [-0.39, 0.29) is 29.9 Å². The van der Waals surface area contributed by atoms with Crippen molar-refractivity contribution in [2.45, 2.75) is 12.3 Å². The molecule has 2 aromatic carbocycles. The molecule has 0 spiro atoms. The van der Waals surface area contributed by atoms with Crippen molar-refractivity contribution in [2.75, 3.05) is 0 Å². The van der Waals surface area contributed by atoms with Gasteiger partial charge in [-0.05, 0) is 35.9 Å². The fourth-order valence-corrected chi connectivity index (χ4v) is 4.60. The first-order chi connectivity index (χ1) is 15.6. The Morgan fingerprint density at radius 2 is 1.94 bits per heavy atom. The van der Waals surface area contributed by atoms with E-state index in [4.69, 9.17) is 9.47 Å². The SMILES string of the molecule is Cn1cc(/C=C2\Oc3c(ccc4c3[C@H](c3cccnc3)CC(=O)O4)C2=O)c2ccccc21. The normalized spacial score (nSPS) is 18.4. The van der Waals surface area contributed by atoms with E-state index in [9.17, 15) is 9.59 Å². The topological polar surface area (TPSA) is 70.4 Å². The van der Waals surface area contributed by atoms with E-state index in [1.54, 1.807) is 30.6 Å². The van der Waals surface area contributed by atoms with Crippen molar-refractivity contribution < 1.29 is 19.1 Å². The second kappa shape index (κ2) is 6.92. The number of fused-ring (bicyclic) bond motifs is 4. The van der Waals surface area contributed by atoms with Gasteiger partial charge in [0.05, 0.1) is 12.0 Å². The molecule has 0 fully saturated rings. The molecule has 0 radical (unpaired) electrons. The van der Waals surface area contributed by atoms with Crippen LogP contribution in [0.25, 0.3) is 17.0 Å². The van der Waals surface area contributed by atoms with Crippen LogP contribution in [-0.4, -0.2) is 21.3 Å². The number of hydrogen-bond acceptors (Lipinski definition) is 5. The zero-order valence-electron chi connectivity index (χ0n) is 17.2. The number of aryl methyl sites for hydroxylation is 1. The Hall–Kier alpha value is -4.19. The Bertz CT molecular complexity index is 1450. The molecule has 1 atom stereocenters.